The molecule has 0 radical (unpaired) electrons. The summed E-state index contributed by atoms with van der Waals surface area (Å²) in [5.74, 6) is -2.06. The van der Waals surface area contributed by atoms with Crippen LogP contribution in [-0.2, 0) is 30.4 Å². The Balaban J connectivity index is 0.00000833. The fourth-order valence-electron chi connectivity index (χ4n) is 7.05. The van der Waals surface area contributed by atoms with Crippen LogP contribution in [0.15, 0.2) is 24.3 Å². The highest BCUT2D eigenvalue weighted by Crippen LogP contribution is 2.27. The minimum absolute atomic E-state index is 0. The molecule has 3 N–H and O–H groups in total. The Labute approximate surface area is 326 Å². The van der Waals surface area contributed by atoms with Gasteiger partial charge in [-0.3, -0.25) is 19.2 Å². The van der Waals surface area contributed by atoms with Gasteiger partial charge in [0.25, 0.3) is 0 Å². The van der Waals surface area contributed by atoms with Gasteiger partial charge in [-0.25, -0.2) is 4.79 Å². The number of aliphatic carboxylic acids is 1. The summed E-state index contributed by atoms with van der Waals surface area (Å²) in [6.45, 7) is 3.26. The van der Waals surface area contributed by atoms with Crippen molar-refractivity contribution in [3.8, 4) is 5.75 Å². The number of likely N-dealkylation sites (tertiary alicyclic amines) is 2. The summed E-state index contributed by atoms with van der Waals surface area (Å²) < 4.78 is 0. The van der Waals surface area contributed by atoms with Crippen molar-refractivity contribution < 1.29 is 34.2 Å². The Hall–Kier alpha value is -2.38. The molecule has 13 heteroatoms. The molecule has 51 heavy (non-hydrogen) atoms. The molecule has 2 heterocycles. The highest BCUT2D eigenvalue weighted by Gasteiger charge is 2.41. The van der Waals surface area contributed by atoms with Crippen LogP contribution in [0.25, 0.3) is 0 Å². The molecule has 1 aromatic carbocycles. The molecule has 1 aromatic rings. The maximum atomic E-state index is 13.6. The Kier molecular flexibility index (Phi) is 26.0. The van der Waals surface area contributed by atoms with Crippen LogP contribution >= 0.6 is 40.5 Å². The summed E-state index contributed by atoms with van der Waals surface area (Å²) in [5.41, 5.74) is 0.639. The van der Waals surface area contributed by atoms with E-state index in [1.165, 1.54) is 76.3 Å². The van der Waals surface area contributed by atoms with E-state index >= 15 is 0 Å². The molecule has 0 spiro atoms. The molecular weight excluding hydrogens is 707 g/mol. The van der Waals surface area contributed by atoms with Crippen molar-refractivity contribution in [2.24, 2.45) is 0 Å². The van der Waals surface area contributed by atoms with Gasteiger partial charge in [0.05, 0.1) is 6.04 Å². The second kappa shape index (κ2) is 27.3. The molecule has 0 aromatic heterocycles. The van der Waals surface area contributed by atoms with Crippen LogP contribution in [0, 0.1) is 0 Å². The molecule has 292 valence electrons. The number of hydrogen-bond acceptors (Lipinski definition) is 6. The van der Waals surface area contributed by atoms with E-state index in [9.17, 15) is 34.2 Å². The second-order valence-electron chi connectivity index (χ2n) is 13.7. The molecule has 3 atom stereocenters. The third-order valence-electron chi connectivity index (χ3n) is 9.87. The maximum absolute atomic E-state index is 13.6. The number of ketones is 1. The van der Waals surface area contributed by atoms with E-state index in [0.29, 0.717) is 44.3 Å². The van der Waals surface area contributed by atoms with Gasteiger partial charge in [-0.15, -0.1) is 0 Å². The predicted octanol–water partition coefficient (Wildman–Crippen LogP) is 6.66. The van der Waals surface area contributed by atoms with Crippen molar-refractivity contribution >= 4 is 70.0 Å². The van der Waals surface area contributed by atoms with Crippen molar-refractivity contribution in [1.82, 2.24) is 15.1 Å². The number of unbranched alkanes of at least 4 members (excludes halogenated alkanes) is 12. The lowest BCUT2D eigenvalue weighted by Crippen LogP contribution is -2.51. The standard InChI is InChI=1S/C38H59N3O7.3H2S/c1-2-3-4-5-6-7-8-9-10-11-12-13-14-19-36(45)40-26-16-18-33(40)37(46)41-27-15-17-32(41)34(43)24-25-35(44)39-31(38(47)48)28-29-20-22-30(42)23-21-29;;;/h20-23,31-33,42H,2-19,24-28H2,1H3,(H,39,44)(H,47,48);3*1H2/t31-,32-,33-;;;/m0.../s1. The summed E-state index contributed by atoms with van der Waals surface area (Å²) in [5, 5.41) is 21.5. The molecule has 2 aliphatic rings. The number of nitrogens with zero attached hydrogens (tertiary/aromatic N) is 2. The topological polar surface area (TPSA) is 144 Å². The monoisotopic (exact) mass is 771 g/mol. The van der Waals surface area contributed by atoms with Crippen molar-refractivity contribution in [1.29, 1.82) is 0 Å². The van der Waals surface area contributed by atoms with Gasteiger partial charge in [0.15, 0.2) is 5.78 Å². The molecule has 3 amide bonds. The van der Waals surface area contributed by atoms with Gasteiger partial charge in [0, 0.05) is 38.8 Å². The fourth-order valence-corrected chi connectivity index (χ4v) is 7.05. The number of phenols is 1. The fraction of sp³-hybridized carbons (Fsp3) is 0.711. The molecule has 3 rings (SSSR count). The molecule has 10 nitrogen and oxygen atoms in total. The summed E-state index contributed by atoms with van der Waals surface area (Å²) >= 11 is 0. The first-order valence-corrected chi connectivity index (χ1v) is 18.6. The minimum atomic E-state index is -1.19. The number of aromatic hydroxyl groups is 1. The van der Waals surface area contributed by atoms with Crippen LogP contribution in [-0.4, -0.2) is 80.7 Å². The smallest absolute Gasteiger partial charge is 0.326 e. The number of amides is 3. The zero-order valence-corrected chi connectivity index (χ0v) is 33.6. The first kappa shape index (κ1) is 48.6. The molecule has 0 unspecified atom stereocenters. The van der Waals surface area contributed by atoms with E-state index < -0.39 is 30.0 Å². The summed E-state index contributed by atoms with van der Waals surface area (Å²) in [6.07, 6.45) is 18.9. The molecule has 2 saturated heterocycles. The van der Waals surface area contributed by atoms with E-state index in [1.54, 1.807) is 21.9 Å². The Bertz CT molecular complexity index is 1190. The lowest BCUT2D eigenvalue weighted by molar-refractivity contribution is -0.146. The van der Waals surface area contributed by atoms with Gasteiger partial charge in [0.1, 0.15) is 17.8 Å². The van der Waals surface area contributed by atoms with Crippen LogP contribution in [0.4, 0.5) is 0 Å². The number of Topliss-reactive ketones (excluding diaryl/α,β-unsaturated/α-hetero) is 1. The van der Waals surface area contributed by atoms with E-state index in [-0.39, 0.29) is 83.1 Å². The first-order valence-electron chi connectivity index (χ1n) is 18.6. The minimum Gasteiger partial charge on any atom is -0.508 e. The van der Waals surface area contributed by atoms with E-state index in [1.807, 2.05) is 0 Å². The van der Waals surface area contributed by atoms with E-state index in [4.69, 9.17) is 0 Å². The van der Waals surface area contributed by atoms with Crippen LogP contribution in [0.5, 0.6) is 5.75 Å². The Morgan fingerprint density at radius 2 is 1.22 bits per heavy atom. The first-order chi connectivity index (χ1) is 23.2. The maximum Gasteiger partial charge on any atom is 0.326 e. The molecular formula is C38H65N3O7S3. The number of carboxylic acids is 1. The quantitative estimate of drug-likeness (QED) is 0.106. The van der Waals surface area contributed by atoms with Crippen LogP contribution in [0.1, 0.15) is 141 Å². The van der Waals surface area contributed by atoms with Crippen LogP contribution in [0.3, 0.4) is 0 Å². The van der Waals surface area contributed by atoms with Gasteiger partial charge in [-0.05, 0) is 49.8 Å². The third kappa shape index (κ3) is 17.3. The number of carboxylic acid groups (broad SMARTS) is 1. The second-order valence-corrected chi connectivity index (χ2v) is 13.7. The Morgan fingerprint density at radius 3 is 1.76 bits per heavy atom. The highest BCUT2D eigenvalue weighted by molar-refractivity contribution is 7.59. The number of benzene rings is 1. The molecule has 0 aliphatic carbocycles. The molecule has 2 fully saturated rings. The van der Waals surface area contributed by atoms with Gasteiger partial charge in [-0.1, -0.05) is 96.1 Å². The zero-order chi connectivity index (χ0) is 34.7. The van der Waals surface area contributed by atoms with Crippen molar-refractivity contribution in [3.05, 3.63) is 29.8 Å². The highest BCUT2D eigenvalue weighted by atomic mass is 32.1. The van der Waals surface area contributed by atoms with E-state index in [0.717, 1.165) is 25.7 Å². The molecule has 2 aliphatic heterocycles. The molecule has 0 saturated carbocycles. The number of hydrogen-bond donors (Lipinski definition) is 3. The predicted molar refractivity (Wildman–Crippen MR) is 217 cm³/mol. The number of rotatable bonds is 23. The van der Waals surface area contributed by atoms with Gasteiger partial charge in [-0.2, -0.15) is 40.5 Å². The summed E-state index contributed by atoms with van der Waals surface area (Å²) in [7, 11) is 0. The average molecular weight is 772 g/mol. The SMILES string of the molecule is CCCCCCCCCCCCCCCC(=O)N1CCC[C@H]1C(=O)N1CCC[C@H]1C(=O)CCC(=O)N[C@@H](Cc1ccc(O)cc1)C(=O)O.S.S.S. The number of nitrogens with one attached hydrogen (secondary N) is 1. The van der Waals surface area contributed by atoms with Gasteiger partial charge >= 0.3 is 5.97 Å². The zero-order valence-electron chi connectivity index (χ0n) is 30.6. The molecule has 0 bridgehead atoms. The van der Waals surface area contributed by atoms with Crippen molar-refractivity contribution in [3.63, 3.8) is 0 Å². The third-order valence-corrected chi connectivity index (χ3v) is 9.87. The number of carbonyl (C=O) groups excluding carboxylic acids is 4. The van der Waals surface area contributed by atoms with Crippen molar-refractivity contribution in [2.45, 2.75) is 160 Å². The van der Waals surface area contributed by atoms with Gasteiger partial charge < -0.3 is 25.3 Å². The Morgan fingerprint density at radius 1 is 0.706 bits per heavy atom. The number of phenolic OH excluding ortho intramolecular Hbond substituents is 1. The van der Waals surface area contributed by atoms with Crippen LogP contribution in [0.2, 0.25) is 0 Å². The normalized spacial score (nSPS) is 17.1. The van der Waals surface area contributed by atoms with Crippen molar-refractivity contribution in [2.75, 3.05) is 13.1 Å². The largest absolute Gasteiger partial charge is 0.508 e. The average Bonchev–Trinajstić information content (AvgIpc) is 3.77. The lowest BCUT2D eigenvalue weighted by Gasteiger charge is -2.31. The van der Waals surface area contributed by atoms with Crippen LogP contribution < -0.4 is 5.32 Å². The van der Waals surface area contributed by atoms with E-state index in [2.05, 4.69) is 12.2 Å². The lowest BCUT2D eigenvalue weighted by atomic mass is 10.0. The summed E-state index contributed by atoms with van der Waals surface area (Å²) in [6, 6.07) is 3.74. The van der Waals surface area contributed by atoms with Gasteiger partial charge in [0.2, 0.25) is 17.7 Å². The number of carbonyl (C=O) groups is 5. The summed E-state index contributed by atoms with van der Waals surface area (Å²) in [4.78, 5) is 67.6.